The summed E-state index contributed by atoms with van der Waals surface area (Å²) >= 11 is 0. The zero-order valence-corrected chi connectivity index (χ0v) is 14.5. The van der Waals surface area contributed by atoms with Crippen LogP contribution in [0.5, 0.6) is 0 Å². The van der Waals surface area contributed by atoms with E-state index in [0.717, 1.165) is 6.42 Å². The number of nitrogens with zero attached hydrogens (tertiary/aromatic N) is 1. The summed E-state index contributed by atoms with van der Waals surface area (Å²) in [4.78, 5) is 27.2. The van der Waals surface area contributed by atoms with Crippen molar-refractivity contribution in [2.24, 2.45) is 22.7 Å². The molecular weight excluding hydrogens is 278 g/mol. The molecule has 0 spiro atoms. The van der Waals surface area contributed by atoms with Gasteiger partial charge in [-0.15, -0.1) is 0 Å². The standard InChI is InChI=1S/C18H27NO3/c1-16(2,3)9-18-8-7-11(22-18)12-13(18)15(21)19(14(12)20)10-17(4,5)6/h7-8,11-13H,9-10H2,1-6H3. The summed E-state index contributed by atoms with van der Waals surface area (Å²) in [6.45, 7) is 13.1. The molecule has 3 heterocycles. The van der Waals surface area contributed by atoms with Crippen molar-refractivity contribution in [3.8, 4) is 0 Å². The highest BCUT2D eigenvalue weighted by Gasteiger charge is 2.67. The number of hydrogen-bond donors (Lipinski definition) is 0. The SMILES string of the molecule is CC(C)(C)CN1C(=O)C2C3C=CC(CC(C)(C)C)(O3)C2C1=O. The molecule has 0 radical (unpaired) electrons. The summed E-state index contributed by atoms with van der Waals surface area (Å²) < 4.78 is 6.14. The maximum atomic E-state index is 12.9. The van der Waals surface area contributed by atoms with Gasteiger partial charge in [0.1, 0.15) is 5.60 Å². The molecule has 0 saturated carbocycles. The first kappa shape index (κ1) is 15.7. The minimum absolute atomic E-state index is 0.0366. The van der Waals surface area contributed by atoms with Crippen LogP contribution in [-0.4, -0.2) is 35.0 Å². The normalized spacial score (nSPS) is 37.4. The van der Waals surface area contributed by atoms with Gasteiger partial charge in [0.25, 0.3) is 0 Å². The summed E-state index contributed by atoms with van der Waals surface area (Å²) in [6, 6.07) is 0. The fraction of sp³-hybridized carbons (Fsp3) is 0.778. The Bertz CT molecular complexity index is 552. The molecular formula is C18H27NO3. The molecule has 3 aliphatic rings. The van der Waals surface area contributed by atoms with Crippen LogP contribution in [0.15, 0.2) is 12.2 Å². The van der Waals surface area contributed by atoms with E-state index >= 15 is 0 Å². The van der Waals surface area contributed by atoms with Gasteiger partial charge in [0, 0.05) is 6.54 Å². The largest absolute Gasteiger partial charge is 0.362 e. The summed E-state index contributed by atoms with van der Waals surface area (Å²) in [5.41, 5.74) is -0.643. The van der Waals surface area contributed by atoms with Crippen molar-refractivity contribution in [2.45, 2.75) is 59.7 Å². The molecule has 3 aliphatic heterocycles. The van der Waals surface area contributed by atoms with Crippen LogP contribution in [0, 0.1) is 22.7 Å². The van der Waals surface area contributed by atoms with Crippen molar-refractivity contribution in [2.75, 3.05) is 6.54 Å². The van der Waals surface area contributed by atoms with E-state index in [1.807, 2.05) is 12.2 Å². The highest BCUT2D eigenvalue weighted by molar-refractivity contribution is 6.07. The zero-order valence-electron chi connectivity index (χ0n) is 14.5. The lowest BCUT2D eigenvalue weighted by Crippen LogP contribution is -2.44. The number of fused-ring (bicyclic) bond motifs is 5. The average Bonchev–Trinajstić information content (AvgIpc) is 2.91. The Hall–Kier alpha value is -1.16. The number of imide groups is 1. The number of hydrogen-bond acceptors (Lipinski definition) is 3. The highest BCUT2D eigenvalue weighted by atomic mass is 16.5. The number of carbonyl (C=O) groups excluding carboxylic acids is 2. The van der Waals surface area contributed by atoms with Crippen LogP contribution in [0.4, 0.5) is 0 Å². The molecule has 0 aliphatic carbocycles. The van der Waals surface area contributed by atoms with Gasteiger partial charge in [0.05, 0.1) is 17.9 Å². The minimum Gasteiger partial charge on any atom is -0.362 e. The summed E-state index contributed by atoms with van der Waals surface area (Å²) in [7, 11) is 0. The Labute approximate surface area is 132 Å². The van der Waals surface area contributed by atoms with Crippen LogP contribution < -0.4 is 0 Å². The lowest BCUT2D eigenvalue weighted by molar-refractivity contribution is -0.146. The smallest absolute Gasteiger partial charge is 0.236 e. The first-order chi connectivity index (χ1) is 9.94. The van der Waals surface area contributed by atoms with Crippen molar-refractivity contribution >= 4 is 11.8 Å². The predicted molar refractivity (Wildman–Crippen MR) is 84.0 cm³/mol. The van der Waals surface area contributed by atoms with E-state index < -0.39 is 5.60 Å². The number of ether oxygens (including phenoxy) is 1. The van der Waals surface area contributed by atoms with E-state index in [0.29, 0.717) is 6.54 Å². The Morgan fingerprint density at radius 1 is 1.09 bits per heavy atom. The van der Waals surface area contributed by atoms with Gasteiger partial charge in [-0.05, 0) is 17.3 Å². The van der Waals surface area contributed by atoms with Crippen molar-refractivity contribution in [3.05, 3.63) is 12.2 Å². The number of amides is 2. The fourth-order valence-corrected chi connectivity index (χ4v) is 4.23. The lowest BCUT2D eigenvalue weighted by atomic mass is 9.70. The average molecular weight is 305 g/mol. The second kappa shape index (κ2) is 4.44. The van der Waals surface area contributed by atoms with Gasteiger partial charge in [0.2, 0.25) is 11.8 Å². The number of rotatable bonds is 2. The van der Waals surface area contributed by atoms with E-state index in [2.05, 4.69) is 41.5 Å². The Balaban J connectivity index is 1.93. The molecule has 0 aromatic carbocycles. The summed E-state index contributed by atoms with van der Waals surface area (Å²) in [5.74, 6) is -0.741. The minimum atomic E-state index is -0.590. The van der Waals surface area contributed by atoms with E-state index in [9.17, 15) is 9.59 Å². The molecule has 0 aromatic heterocycles. The quantitative estimate of drug-likeness (QED) is 0.582. The Kier molecular flexibility index (Phi) is 3.17. The van der Waals surface area contributed by atoms with Gasteiger partial charge in [-0.3, -0.25) is 14.5 Å². The second-order valence-electron chi connectivity index (χ2n) is 9.46. The van der Waals surface area contributed by atoms with Gasteiger partial charge in [-0.25, -0.2) is 0 Å². The highest BCUT2D eigenvalue weighted by Crippen LogP contribution is 2.55. The summed E-state index contributed by atoms with van der Waals surface area (Å²) in [6.07, 6.45) is 4.55. The predicted octanol–water partition coefficient (Wildman–Crippen LogP) is 2.78. The third-order valence-electron chi connectivity index (χ3n) is 4.69. The van der Waals surface area contributed by atoms with Gasteiger partial charge >= 0.3 is 0 Å². The molecule has 2 saturated heterocycles. The van der Waals surface area contributed by atoms with E-state index in [1.54, 1.807) is 0 Å². The molecule has 4 atom stereocenters. The molecule has 122 valence electrons. The molecule has 2 bridgehead atoms. The first-order valence-electron chi connectivity index (χ1n) is 8.16. The molecule has 22 heavy (non-hydrogen) atoms. The Morgan fingerprint density at radius 2 is 1.73 bits per heavy atom. The fourth-order valence-electron chi connectivity index (χ4n) is 4.23. The van der Waals surface area contributed by atoms with Crippen LogP contribution >= 0.6 is 0 Å². The van der Waals surface area contributed by atoms with E-state index in [-0.39, 0.29) is 40.6 Å². The third kappa shape index (κ3) is 2.32. The summed E-state index contributed by atoms with van der Waals surface area (Å²) in [5, 5.41) is 0. The molecule has 3 rings (SSSR count). The lowest BCUT2D eigenvalue weighted by Gasteiger charge is -2.35. The molecule has 2 amide bonds. The van der Waals surface area contributed by atoms with Gasteiger partial charge in [-0.2, -0.15) is 0 Å². The zero-order chi connectivity index (χ0) is 16.5. The number of likely N-dealkylation sites (tertiary alicyclic amines) is 1. The maximum Gasteiger partial charge on any atom is 0.236 e. The molecule has 0 N–H and O–H groups in total. The van der Waals surface area contributed by atoms with Crippen LogP contribution in [0.25, 0.3) is 0 Å². The van der Waals surface area contributed by atoms with Gasteiger partial charge in [0.15, 0.2) is 0 Å². The van der Waals surface area contributed by atoms with Crippen LogP contribution in [0.1, 0.15) is 48.0 Å². The van der Waals surface area contributed by atoms with Gasteiger partial charge < -0.3 is 4.74 Å². The molecule has 4 unspecified atom stereocenters. The van der Waals surface area contributed by atoms with E-state index in [1.165, 1.54) is 4.90 Å². The van der Waals surface area contributed by atoms with E-state index in [4.69, 9.17) is 4.74 Å². The molecule has 4 heteroatoms. The molecule has 0 aromatic rings. The van der Waals surface area contributed by atoms with Crippen molar-refractivity contribution in [1.82, 2.24) is 4.90 Å². The Morgan fingerprint density at radius 3 is 2.27 bits per heavy atom. The van der Waals surface area contributed by atoms with Crippen molar-refractivity contribution < 1.29 is 14.3 Å². The van der Waals surface area contributed by atoms with Crippen molar-refractivity contribution in [1.29, 1.82) is 0 Å². The monoisotopic (exact) mass is 305 g/mol. The topological polar surface area (TPSA) is 46.6 Å². The first-order valence-corrected chi connectivity index (χ1v) is 8.16. The maximum absolute atomic E-state index is 12.9. The molecule has 4 nitrogen and oxygen atoms in total. The van der Waals surface area contributed by atoms with Crippen molar-refractivity contribution in [3.63, 3.8) is 0 Å². The molecule has 2 fully saturated rings. The third-order valence-corrected chi connectivity index (χ3v) is 4.69. The van der Waals surface area contributed by atoms with Crippen LogP contribution in [0.3, 0.4) is 0 Å². The number of carbonyl (C=O) groups is 2. The van der Waals surface area contributed by atoms with Crippen LogP contribution in [0.2, 0.25) is 0 Å². The second-order valence-corrected chi connectivity index (χ2v) is 9.46. The van der Waals surface area contributed by atoms with Gasteiger partial charge in [-0.1, -0.05) is 53.7 Å². The van der Waals surface area contributed by atoms with Crippen LogP contribution in [-0.2, 0) is 14.3 Å².